The summed E-state index contributed by atoms with van der Waals surface area (Å²) in [7, 11) is 0. The summed E-state index contributed by atoms with van der Waals surface area (Å²) >= 11 is 0. The van der Waals surface area contributed by atoms with E-state index in [1.54, 1.807) is 13.0 Å². The monoisotopic (exact) mass is 384 g/mol. The Morgan fingerprint density at radius 2 is 2.11 bits per heavy atom. The Balaban J connectivity index is 1.60. The number of carbonyl (C=O) groups is 1. The summed E-state index contributed by atoms with van der Waals surface area (Å²) < 4.78 is 25.6. The molecule has 0 fully saturated rings. The number of anilines is 1. The maximum Gasteiger partial charge on any atom is 0.351 e. The Morgan fingerprint density at radius 1 is 1.32 bits per heavy atom. The maximum absolute atomic E-state index is 13.0. The molecule has 0 spiro atoms. The molecule has 11 heteroatoms. The van der Waals surface area contributed by atoms with Crippen LogP contribution in [0.3, 0.4) is 0 Å². The van der Waals surface area contributed by atoms with Crippen LogP contribution in [-0.2, 0) is 11.3 Å². The number of amides is 1. The molecule has 0 atom stereocenters. The maximum atomic E-state index is 13.0. The number of fused-ring (bicyclic) bond motifs is 1. The van der Waals surface area contributed by atoms with Crippen molar-refractivity contribution >= 4 is 17.4 Å². The molecule has 0 unspecified atom stereocenters. The average molecular weight is 384 g/mol. The Kier molecular flexibility index (Phi) is 4.32. The lowest BCUT2D eigenvalue weighted by molar-refractivity contribution is -0.117. The molecule has 3 heterocycles. The predicted molar refractivity (Wildman–Crippen MR) is 93.6 cm³/mol. The fourth-order valence-corrected chi connectivity index (χ4v) is 2.46. The number of hydrogen-bond acceptors (Lipinski definition) is 7. The average Bonchev–Trinajstić information content (AvgIpc) is 3.21. The summed E-state index contributed by atoms with van der Waals surface area (Å²) in [6.07, 6.45) is 2.76. The van der Waals surface area contributed by atoms with Crippen LogP contribution < -0.4 is 15.7 Å². The number of carbonyl (C=O) groups excluding carboxylic acids is 1. The Bertz CT molecular complexity index is 1210. The smallest absolute Gasteiger partial charge is 0.351 e. The Morgan fingerprint density at radius 3 is 2.82 bits per heavy atom. The molecule has 1 amide bonds. The molecule has 4 aromatic rings. The van der Waals surface area contributed by atoms with Gasteiger partial charge in [-0.05, 0) is 31.2 Å². The number of aryl methyl sites for hydroxylation is 1. The van der Waals surface area contributed by atoms with Gasteiger partial charge >= 0.3 is 5.69 Å². The van der Waals surface area contributed by atoms with E-state index in [9.17, 15) is 14.0 Å². The summed E-state index contributed by atoms with van der Waals surface area (Å²) in [5.74, 6) is 0.218. The molecule has 1 aromatic carbocycles. The fraction of sp³-hybridized carbons (Fsp3) is 0.118. The topological polar surface area (TPSA) is 117 Å². The molecule has 28 heavy (non-hydrogen) atoms. The zero-order valence-corrected chi connectivity index (χ0v) is 14.5. The zero-order chi connectivity index (χ0) is 19.7. The van der Waals surface area contributed by atoms with Gasteiger partial charge in [0.05, 0.1) is 0 Å². The standard InChI is InChI=1S/C17H13FN6O4/c1-10-8-13(22-28-10)20-14(25)9-24-17(26)23-7-6-19-16(15(23)21-24)27-12-4-2-11(18)3-5-12/h2-8H,9H2,1H3,(H,20,22,25). The van der Waals surface area contributed by atoms with E-state index in [0.29, 0.717) is 11.5 Å². The van der Waals surface area contributed by atoms with Crippen molar-refractivity contribution < 1.29 is 18.4 Å². The molecule has 142 valence electrons. The van der Waals surface area contributed by atoms with Gasteiger partial charge in [0.1, 0.15) is 23.9 Å². The van der Waals surface area contributed by atoms with Gasteiger partial charge in [-0.2, -0.15) is 0 Å². The molecule has 0 saturated heterocycles. The number of aromatic nitrogens is 5. The van der Waals surface area contributed by atoms with Crippen LogP contribution in [0.15, 0.2) is 52.0 Å². The van der Waals surface area contributed by atoms with Gasteiger partial charge in [-0.25, -0.2) is 23.3 Å². The van der Waals surface area contributed by atoms with Crippen molar-refractivity contribution in [1.29, 1.82) is 0 Å². The van der Waals surface area contributed by atoms with E-state index in [4.69, 9.17) is 9.26 Å². The number of ether oxygens (including phenoxy) is 1. The molecule has 0 aliphatic carbocycles. The number of benzene rings is 1. The van der Waals surface area contributed by atoms with E-state index < -0.39 is 17.4 Å². The zero-order valence-electron chi connectivity index (χ0n) is 14.5. The van der Waals surface area contributed by atoms with Crippen molar-refractivity contribution in [2.75, 3.05) is 5.32 Å². The summed E-state index contributed by atoms with van der Waals surface area (Å²) in [4.78, 5) is 28.7. The highest BCUT2D eigenvalue weighted by Crippen LogP contribution is 2.22. The SMILES string of the molecule is Cc1cc(NC(=O)Cn2nc3c(Oc4ccc(F)cc4)nccn3c2=O)no1. The lowest BCUT2D eigenvalue weighted by atomic mass is 10.3. The molecule has 0 bridgehead atoms. The van der Waals surface area contributed by atoms with Crippen LogP contribution in [0.4, 0.5) is 10.2 Å². The molecule has 0 aliphatic rings. The van der Waals surface area contributed by atoms with Gasteiger partial charge in [0.25, 0.3) is 5.88 Å². The Labute approximate surface area is 156 Å². The second kappa shape index (κ2) is 6.95. The fourth-order valence-electron chi connectivity index (χ4n) is 2.46. The second-order valence-electron chi connectivity index (χ2n) is 5.79. The van der Waals surface area contributed by atoms with Crippen molar-refractivity contribution in [3.63, 3.8) is 0 Å². The third-order valence-electron chi connectivity index (χ3n) is 3.69. The number of hydrogen-bond donors (Lipinski definition) is 1. The van der Waals surface area contributed by atoms with Crippen LogP contribution in [0.1, 0.15) is 5.76 Å². The molecule has 0 radical (unpaired) electrons. The highest BCUT2D eigenvalue weighted by atomic mass is 19.1. The van der Waals surface area contributed by atoms with Gasteiger partial charge in [0.2, 0.25) is 11.6 Å². The van der Waals surface area contributed by atoms with Crippen LogP contribution in [0.25, 0.3) is 5.65 Å². The highest BCUT2D eigenvalue weighted by molar-refractivity contribution is 5.89. The first kappa shape index (κ1) is 17.4. The van der Waals surface area contributed by atoms with Gasteiger partial charge < -0.3 is 14.6 Å². The molecule has 0 aliphatic heterocycles. The van der Waals surface area contributed by atoms with Gasteiger partial charge in [0, 0.05) is 18.5 Å². The number of nitrogens with one attached hydrogen (secondary N) is 1. The van der Waals surface area contributed by atoms with E-state index >= 15 is 0 Å². The lowest BCUT2D eigenvalue weighted by Crippen LogP contribution is -2.28. The normalized spacial score (nSPS) is 10.9. The quantitative estimate of drug-likeness (QED) is 0.557. The molecule has 10 nitrogen and oxygen atoms in total. The molecule has 3 aromatic heterocycles. The van der Waals surface area contributed by atoms with E-state index in [0.717, 1.165) is 4.68 Å². The number of halogens is 1. The van der Waals surface area contributed by atoms with Gasteiger partial charge in [-0.1, -0.05) is 5.16 Å². The van der Waals surface area contributed by atoms with Crippen molar-refractivity contribution in [1.82, 2.24) is 24.3 Å². The number of nitrogens with zero attached hydrogens (tertiary/aromatic N) is 5. The van der Waals surface area contributed by atoms with Crippen LogP contribution in [-0.4, -0.2) is 30.2 Å². The summed E-state index contributed by atoms with van der Waals surface area (Å²) in [5.41, 5.74) is -0.435. The van der Waals surface area contributed by atoms with Crippen molar-refractivity contribution in [2.45, 2.75) is 13.5 Å². The third-order valence-corrected chi connectivity index (χ3v) is 3.69. The first-order valence-corrected chi connectivity index (χ1v) is 8.10. The molecule has 4 rings (SSSR count). The van der Waals surface area contributed by atoms with Crippen LogP contribution in [0.5, 0.6) is 11.6 Å². The van der Waals surface area contributed by atoms with Crippen LogP contribution in [0, 0.1) is 12.7 Å². The summed E-state index contributed by atoms with van der Waals surface area (Å²) in [6, 6.07) is 6.85. The third kappa shape index (κ3) is 3.45. The van der Waals surface area contributed by atoms with Crippen LogP contribution >= 0.6 is 0 Å². The van der Waals surface area contributed by atoms with Gasteiger partial charge in [-0.3, -0.25) is 4.79 Å². The summed E-state index contributed by atoms with van der Waals surface area (Å²) in [5, 5.41) is 10.3. The first-order valence-electron chi connectivity index (χ1n) is 8.10. The van der Waals surface area contributed by atoms with E-state index in [2.05, 4.69) is 20.6 Å². The molecule has 0 saturated carbocycles. The predicted octanol–water partition coefficient (Wildman–Crippen LogP) is 1.76. The minimum Gasteiger partial charge on any atom is -0.436 e. The molecule has 1 N–H and O–H groups in total. The highest BCUT2D eigenvalue weighted by Gasteiger charge is 2.16. The van der Waals surface area contributed by atoms with Gasteiger partial charge in [-0.15, -0.1) is 5.10 Å². The molecular weight excluding hydrogens is 371 g/mol. The largest absolute Gasteiger partial charge is 0.436 e. The first-order chi connectivity index (χ1) is 13.5. The minimum atomic E-state index is -0.548. The van der Waals surface area contributed by atoms with E-state index in [1.165, 1.54) is 41.1 Å². The minimum absolute atomic E-state index is 0.0393. The van der Waals surface area contributed by atoms with E-state index in [-0.39, 0.29) is 23.9 Å². The van der Waals surface area contributed by atoms with Crippen LogP contribution in [0.2, 0.25) is 0 Å². The molecular formula is C17H13FN6O4. The van der Waals surface area contributed by atoms with Crippen molar-refractivity contribution in [3.8, 4) is 11.6 Å². The van der Waals surface area contributed by atoms with Gasteiger partial charge in [0.15, 0.2) is 5.82 Å². The second-order valence-corrected chi connectivity index (χ2v) is 5.79. The number of rotatable bonds is 5. The Hall–Kier alpha value is -4.02. The van der Waals surface area contributed by atoms with Crippen molar-refractivity contribution in [2.24, 2.45) is 0 Å². The lowest BCUT2D eigenvalue weighted by Gasteiger charge is -2.04. The summed E-state index contributed by atoms with van der Waals surface area (Å²) in [6.45, 7) is 1.34. The van der Waals surface area contributed by atoms with E-state index in [1.807, 2.05) is 0 Å². The van der Waals surface area contributed by atoms with Crippen molar-refractivity contribution in [3.05, 3.63) is 64.8 Å².